The molecule has 1 fully saturated rings. The number of likely N-dealkylation sites (N-methyl/N-ethyl adjacent to an activating group) is 1. The van der Waals surface area contributed by atoms with Crippen molar-refractivity contribution in [2.24, 2.45) is 0 Å². The lowest BCUT2D eigenvalue weighted by Crippen LogP contribution is -2.52. The fourth-order valence-electron chi connectivity index (χ4n) is 3.06. The summed E-state index contributed by atoms with van der Waals surface area (Å²) in [5, 5.41) is 0. The molecule has 1 saturated carbocycles. The minimum absolute atomic E-state index is 0.121. The zero-order valence-electron chi connectivity index (χ0n) is 11.9. The first-order chi connectivity index (χ1) is 8.13. The van der Waals surface area contributed by atoms with E-state index < -0.39 is 0 Å². The lowest BCUT2D eigenvalue weighted by Gasteiger charge is -2.41. The van der Waals surface area contributed by atoms with Crippen LogP contribution in [0.15, 0.2) is 0 Å². The van der Waals surface area contributed by atoms with Gasteiger partial charge in [-0.25, -0.2) is 0 Å². The van der Waals surface area contributed by atoms with E-state index in [1.54, 1.807) is 0 Å². The monoisotopic (exact) mass is 239 g/mol. The Bertz CT molecular complexity index is 229. The van der Waals surface area contributed by atoms with E-state index in [-0.39, 0.29) is 5.54 Å². The minimum Gasteiger partial charge on any atom is -0.298 e. The molecule has 0 heterocycles. The largest absolute Gasteiger partial charge is 0.298 e. The molecule has 0 aromatic heterocycles. The second-order valence-corrected chi connectivity index (χ2v) is 5.72. The summed E-state index contributed by atoms with van der Waals surface area (Å²) in [4.78, 5) is 14.7. The van der Waals surface area contributed by atoms with Gasteiger partial charge >= 0.3 is 0 Å². The van der Waals surface area contributed by atoms with Gasteiger partial charge in [-0.3, -0.25) is 9.69 Å². The van der Waals surface area contributed by atoms with Crippen molar-refractivity contribution in [1.82, 2.24) is 4.90 Å². The zero-order chi connectivity index (χ0) is 12.7. The third-order valence-electron chi connectivity index (χ3n) is 4.31. The van der Waals surface area contributed by atoms with Crippen molar-refractivity contribution in [2.75, 3.05) is 14.1 Å². The van der Waals surface area contributed by atoms with Crippen LogP contribution < -0.4 is 0 Å². The maximum Gasteiger partial charge on any atom is 0.153 e. The molecule has 0 saturated heterocycles. The number of hydrogen-bond acceptors (Lipinski definition) is 2. The van der Waals surface area contributed by atoms with Gasteiger partial charge in [0.05, 0.1) is 5.54 Å². The van der Waals surface area contributed by atoms with Gasteiger partial charge in [-0.05, 0) is 33.4 Å². The standard InChI is InChI=1S/C15H29NO/c1-4-5-6-8-11-14(17)15(16(2)3)12-9-7-10-13-15/h4-13H2,1-3H3. The van der Waals surface area contributed by atoms with Gasteiger partial charge in [0.1, 0.15) is 0 Å². The first kappa shape index (κ1) is 14.7. The molecule has 0 amide bonds. The first-order valence-corrected chi connectivity index (χ1v) is 7.34. The van der Waals surface area contributed by atoms with Gasteiger partial charge in [0.15, 0.2) is 5.78 Å². The lowest BCUT2D eigenvalue weighted by molar-refractivity contribution is -0.132. The van der Waals surface area contributed by atoms with Gasteiger partial charge < -0.3 is 0 Å². The van der Waals surface area contributed by atoms with Gasteiger partial charge in [0.25, 0.3) is 0 Å². The van der Waals surface area contributed by atoms with Crippen molar-refractivity contribution in [3.05, 3.63) is 0 Å². The van der Waals surface area contributed by atoms with Crippen LogP contribution in [0.2, 0.25) is 0 Å². The van der Waals surface area contributed by atoms with Crippen LogP contribution in [0.3, 0.4) is 0 Å². The number of carbonyl (C=O) groups is 1. The Hall–Kier alpha value is -0.370. The Labute approximate surface area is 107 Å². The summed E-state index contributed by atoms with van der Waals surface area (Å²) in [6, 6.07) is 0. The fourth-order valence-corrected chi connectivity index (χ4v) is 3.06. The van der Waals surface area contributed by atoms with Crippen LogP contribution in [0.25, 0.3) is 0 Å². The first-order valence-electron chi connectivity index (χ1n) is 7.34. The molecule has 0 aromatic rings. The average molecular weight is 239 g/mol. The summed E-state index contributed by atoms with van der Waals surface area (Å²) >= 11 is 0. The predicted molar refractivity (Wildman–Crippen MR) is 73.3 cm³/mol. The summed E-state index contributed by atoms with van der Waals surface area (Å²) in [7, 11) is 4.16. The maximum atomic E-state index is 12.5. The van der Waals surface area contributed by atoms with E-state index >= 15 is 0 Å². The zero-order valence-corrected chi connectivity index (χ0v) is 11.9. The Balaban J connectivity index is 2.49. The lowest BCUT2D eigenvalue weighted by atomic mass is 9.76. The molecule has 0 radical (unpaired) electrons. The van der Waals surface area contributed by atoms with Crippen LogP contribution in [0.4, 0.5) is 0 Å². The number of nitrogens with zero attached hydrogens (tertiary/aromatic N) is 1. The molecule has 0 N–H and O–H groups in total. The number of hydrogen-bond donors (Lipinski definition) is 0. The second kappa shape index (κ2) is 7.15. The van der Waals surface area contributed by atoms with Crippen molar-refractivity contribution in [1.29, 1.82) is 0 Å². The minimum atomic E-state index is -0.121. The van der Waals surface area contributed by atoms with Gasteiger partial charge in [-0.2, -0.15) is 0 Å². The average Bonchev–Trinajstić information content (AvgIpc) is 2.35. The molecular weight excluding hydrogens is 210 g/mol. The number of rotatable bonds is 7. The summed E-state index contributed by atoms with van der Waals surface area (Å²) < 4.78 is 0. The van der Waals surface area contributed by atoms with Crippen molar-refractivity contribution < 1.29 is 4.79 Å². The third kappa shape index (κ3) is 3.80. The molecule has 2 heteroatoms. The van der Waals surface area contributed by atoms with Gasteiger partial charge in [0.2, 0.25) is 0 Å². The molecule has 0 spiro atoms. The van der Waals surface area contributed by atoms with E-state index in [4.69, 9.17) is 0 Å². The fraction of sp³-hybridized carbons (Fsp3) is 0.933. The summed E-state index contributed by atoms with van der Waals surface area (Å²) in [5.74, 6) is 0.498. The van der Waals surface area contributed by atoms with Crippen LogP contribution in [0.1, 0.15) is 71.1 Å². The highest BCUT2D eigenvalue weighted by atomic mass is 16.1. The van der Waals surface area contributed by atoms with Crippen molar-refractivity contribution >= 4 is 5.78 Å². The highest BCUT2D eigenvalue weighted by molar-refractivity contribution is 5.88. The second-order valence-electron chi connectivity index (χ2n) is 5.72. The van der Waals surface area contributed by atoms with Gasteiger partial charge in [-0.15, -0.1) is 0 Å². The van der Waals surface area contributed by atoms with Crippen molar-refractivity contribution in [3.63, 3.8) is 0 Å². The smallest absolute Gasteiger partial charge is 0.153 e. The van der Waals surface area contributed by atoms with Crippen LogP contribution in [-0.2, 0) is 4.79 Å². The van der Waals surface area contributed by atoms with E-state index in [2.05, 4.69) is 25.9 Å². The normalized spacial score (nSPS) is 19.5. The Morgan fingerprint density at radius 1 is 1.06 bits per heavy atom. The Kier molecular flexibility index (Phi) is 6.18. The molecule has 100 valence electrons. The van der Waals surface area contributed by atoms with Crippen molar-refractivity contribution in [3.8, 4) is 0 Å². The maximum absolute atomic E-state index is 12.5. The molecule has 0 bridgehead atoms. The van der Waals surface area contributed by atoms with Crippen LogP contribution in [-0.4, -0.2) is 30.3 Å². The predicted octanol–water partition coefficient (Wildman–Crippen LogP) is 3.79. The van der Waals surface area contributed by atoms with E-state index in [1.807, 2.05) is 0 Å². The molecule has 1 aliphatic carbocycles. The molecule has 0 unspecified atom stereocenters. The molecule has 1 rings (SSSR count). The summed E-state index contributed by atoms with van der Waals surface area (Å²) in [6.07, 6.45) is 11.5. The number of ketones is 1. The molecule has 0 atom stereocenters. The van der Waals surface area contributed by atoms with E-state index in [0.29, 0.717) is 5.78 Å². The number of Topliss-reactive ketones (excluding diaryl/α,β-unsaturated/α-hetero) is 1. The highest BCUT2D eigenvalue weighted by Gasteiger charge is 2.40. The topological polar surface area (TPSA) is 20.3 Å². The molecular formula is C15H29NO. The molecule has 0 aliphatic heterocycles. The van der Waals surface area contributed by atoms with Crippen LogP contribution in [0, 0.1) is 0 Å². The molecule has 17 heavy (non-hydrogen) atoms. The summed E-state index contributed by atoms with van der Waals surface area (Å²) in [5.41, 5.74) is -0.121. The van der Waals surface area contributed by atoms with Crippen LogP contribution >= 0.6 is 0 Å². The Morgan fingerprint density at radius 2 is 1.71 bits per heavy atom. The molecule has 1 aliphatic rings. The SMILES string of the molecule is CCCCCCC(=O)C1(N(C)C)CCCCC1. The summed E-state index contributed by atoms with van der Waals surface area (Å²) in [6.45, 7) is 2.21. The van der Waals surface area contributed by atoms with Crippen molar-refractivity contribution in [2.45, 2.75) is 76.7 Å². The van der Waals surface area contributed by atoms with E-state index in [9.17, 15) is 4.79 Å². The highest BCUT2D eigenvalue weighted by Crippen LogP contribution is 2.34. The quantitative estimate of drug-likeness (QED) is 0.630. The van der Waals surface area contributed by atoms with Gasteiger partial charge in [0, 0.05) is 6.42 Å². The molecule has 2 nitrogen and oxygen atoms in total. The van der Waals surface area contributed by atoms with Crippen LogP contribution in [0.5, 0.6) is 0 Å². The molecule has 0 aromatic carbocycles. The Morgan fingerprint density at radius 3 is 2.24 bits per heavy atom. The third-order valence-corrected chi connectivity index (χ3v) is 4.31. The number of carbonyl (C=O) groups excluding carboxylic acids is 1. The van der Waals surface area contributed by atoms with Gasteiger partial charge in [-0.1, -0.05) is 45.4 Å². The van der Waals surface area contributed by atoms with E-state index in [1.165, 1.54) is 38.5 Å². The van der Waals surface area contributed by atoms with E-state index in [0.717, 1.165) is 25.7 Å². The number of unbranched alkanes of at least 4 members (excludes halogenated alkanes) is 3.